The Balaban J connectivity index is 2.67. The van der Waals surface area contributed by atoms with Crippen molar-refractivity contribution < 1.29 is 15.0 Å². The Morgan fingerprint density at radius 1 is 1.40 bits per heavy atom. The number of aliphatic hydroxyl groups is 2. The Hall–Kier alpha value is -1.94. The van der Waals surface area contributed by atoms with E-state index >= 15 is 0 Å². The zero-order valence-corrected chi connectivity index (χ0v) is 7.79. The highest BCUT2D eigenvalue weighted by Crippen LogP contribution is 2.27. The highest BCUT2D eigenvalue weighted by atomic mass is 16.3. The molecule has 1 heterocycles. The van der Waals surface area contributed by atoms with Crippen molar-refractivity contribution in [2.45, 2.75) is 6.23 Å². The number of aliphatic hydroxyl groups excluding tert-OH is 2. The second-order valence-electron chi connectivity index (χ2n) is 3.16. The number of fused-ring (bicyclic) bond motifs is 1. The van der Waals surface area contributed by atoms with Crippen LogP contribution in [0.5, 0.6) is 0 Å². The minimum absolute atomic E-state index is 0.156. The topological polar surface area (TPSA) is 69.9 Å². The molecular weight excluding hydrogens is 194 g/mol. The molecule has 2 N–H and O–H groups in total. The molecule has 0 aromatic heterocycles. The highest BCUT2D eigenvalue weighted by Gasteiger charge is 2.22. The maximum atomic E-state index is 10.5. The quantitative estimate of drug-likeness (QED) is 0.405. The number of benzene rings is 1. The van der Waals surface area contributed by atoms with Gasteiger partial charge in [0.15, 0.2) is 18.3 Å². The molecule has 0 saturated heterocycles. The van der Waals surface area contributed by atoms with Crippen LogP contribution in [0.2, 0.25) is 0 Å². The molecule has 1 aromatic rings. The number of aliphatic imine (C=N–C) groups is 1. The summed E-state index contributed by atoms with van der Waals surface area (Å²) in [6, 6.07) is 7.10. The summed E-state index contributed by atoms with van der Waals surface area (Å²) in [5.41, 5.74) is 1.55. The summed E-state index contributed by atoms with van der Waals surface area (Å²) in [6.45, 7) is 0. The van der Waals surface area contributed by atoms with Gasteiger partial charge in [0.2, 0.25) is 0 Å². The number of nitrogens with zero attached hydrogens (tertiary/aromatic N) is 1. The molecule has 2 rings (SSSR count). The largest absolute Gasteiger partial charge is 0.504 e. The molecule has 0 aliphatic carbocycles. The molecule has 0 fully saturated rings. The van der Waals surface area contributed by atoms with E-state index in [9.17, 15) is 15.0 Å². The average molecular weight is 203 g/mol. The van der Waals surface area contributed by atoms with Crippen molar-refractivity contribution in [1.82, 2.24) is 0 Å². The Bertz CT molecular complexity index is 463. The van der Waals surface area contributed by atoms with Crippen molar-refractivity contribution in [3.8, 4) is 0 Å². The van der Waals surface area contributed by atoms with Crippen molar-refractivity contribution in [3.05, 3.63) is 41.2 Å². The summed E-state index contributed by atoms with van der Waals surface area (Å²) in [6.07, 6.45) is 0.641. The number of carbonyl (C=O) groups excluding carboxylic acids is 1. The molecule has 4 nitrogen and oxygen atoms in total. The standard InChI is InChI=1S/C11H9NO3/c13-6-9(14)10-8-4-2-1-3-7(8)5-12-11(10)15/h1-6,11,14-15H. The Morgan fingerprint density at radius 2 is 2.13 bits per heavy atom. The van der Waals surface area contributed by atoms with Gasteiger partial charge < -0.3 is 10.2 Å². The van der Waals surface area contributed by atoms with E-state index in [1.807, 2.05) is 6.07 Å². The Labute approximate surface area is 86.2 Å². The normalized spacial score (nSPS) is 22.1. The molecule has 1 aliphatic rings. The number of allylic oxidation sites excluding steroid dienone is 1. The lowest BCUT2D eigenvalue weighted by Crippen LogP contribution is -2.15. The summed E-state index contributed by atoms with van der Waals surface area (Å²) in [5, 5.41) is 18.9. The second-order valence-corrected chi connectivity index (χ2v) is 3.16. The van der Waals surface area contributed by atoms with Gasteiger partial charge in [-0.2, -0.15) is 0 Å². The molecule has 76 valence electrons. The third-order valence-electron chi connectivity index (χ3n) is 2.25. The van der Waals surface area contributed by atoms with Crippen LogP contribution in [0.4, 0.5) is 0 Å². The fourth-order valence-electron chi connectivity index (χ4n) is 1.55. The van der Waals surface area contributed by atoms with Crippen LogP contribution in [0, 0.1) is 0 Å². The fraction of sp³-hybridized carbons (Fsp3) is 0.0909. The van der Waals surface area contributed by atoms with Gasteiger partial charge in [0.05, 0.1) is 5.57 Å². The van der Waals surface area contributed by atoms with E-state index in [4.69, 9.17) is 0 Å². The number of hydrogen-bond acceptors (Lipinski definition) is 4. The van der Waals surface area contributed by atoms with Crippen LogP contribution in [0.25, 0.3) is 5.57 Å². The predicted octanol–water partition coefficient (Wildman–Crippen LogP) is 0.905. The van der Waals surface area contributed by atoms with Crippen LogP contribution < -0.4 is 0 Å². The predicted molar refractivity (Wildman–Crippen MR) is 55.7 cm³/mol. The summed E-state index contributed by atoms with van der Waals surface area (Å²) >= 11 is 0. The zero-order valence-electron chi connectivity index (χ0n) is 7.79. The average Bonchev–Trinajstić information content (AvgIpc) is 2.28. The zero-order chi connectivity index (χ0) is 10.8. The van der Waals surface area contributed by atoms with Crippen molar-refractivity contribution >= 4 is 18.1 Å². The number of rotatable bonds is 1. The van der Waals surface area contributed by atoms with Crippen LogP contribution in [0.1, 0.15) is 11.1 Å². The third-order valence-corrected chi connectivity index (χ3v) is 2.25. The van der Waals surface area contributed by atoms with Crippen LogP contribution in [0.15, 0.2) is 35.0 Å². The van der Waals surface area contributed by atoms with E-state index in [1.54, 1.807) is 18.2 Å². The first-order chi connectivity index (χ1) is 7.24. The number of aldehydes is 1. The second kappa shape index (κ2) is 3.67. The van der Waals surface area contributed by atoms with Gasteiger partial charge in [0.1, 0.15) is 0 Å². The van der Waals surface area contributed by atoms with Gasteiger partial charge in [0, 0.05) is 11.8 Å². The lowest BCUT2D eigenvalue weighted by molar-refractivity contribution is -0.106. The van der Waals surface area contributed by atoms with Crippen LogP contribution in [0.3, 0.4) is 0 Å². The third kappa shape index (κ3) is 1.55. The molecule has 4 heteroatoms. The molecule has 1 aromatic carbocycles. The molecule has 0 amide bonds. The first-order valence-electron chi connectivity index (χ1n) is 4.43. The Kier molecular flexibility index (Phi) is 2.35. The molecule has 0 bridgehead atoms. The van der Waals surface area contributed by atoms with E-state index in [0.29, 0.717) is 11.8 Å². The summed E-state index contributed by atoms with van der Waals surface area (Å²) in [4.78, 5) is 14.3. The van der Waals surface area contributed by atoms with E-state index in [2.05, 4.69) is 4.99 Å². The fourth-order valence-corrected chi connectivity index (χ4v) is 1.55. The van der Waals surface area contributed by atoms with Crippen molar-refractivity contribution in [3.63, 3.8) is 0 Å². The number of hydrogen-bond donors (Lipinski definition) is 2. The van der Waals surface area contributed by atoms with E-state index in [0.717, 1.165) is 5.56 Å². The van der Waals surface area contributed by atoms with Crippen LogP contribution in [-0.4, -0.2) is 28.9 Å². The maximum Gasteiger partial charge on any atom is 0.184 e. The molecule has 15 heavy (non-hydrogen) atoms. The lowest BCUT2D eigenvalue weighted by atomic mass is 9.96. The van der Waals surface area contributed by atoms with Gasteiger partial charge in [0.25, 0.3) is 0 Å². The summed E-state index contributed by atoms with van der Waals surface area (Å²) in [5.74, 6) is -0.480. The van der Waals surface area contributed by atoms with Crippen LogP contribution in [-0.2, 0) is 4.79 Å². The molecular formula is C11H9NO3. The first-order valence-corrected chi connectivity index (χ1v) is 4.43. The SMILES string of the molecule is O=CC(O)=C1c2ccccc2C=NC1O. The van der Waals surface area contributed by atoms with Gasteiger partial charge in [-0.05, 0) is 5.56 Å². The molecule has 0 spiro atoms. The minimum Gasteiger partial charge on any atom is -0.504 e. The lowest BCUT2D eigenvalue weighted by Gasteiger charge is -2.18. The smallest absolute Gasteiger partial charge is 0.184 e. The minimum atomic E-state index is -1.18. The van der Waals surface area contributed by atoms with Crippen molar-refractivity contribution in [2.24, 2.45) is 4.99 Å². The summed E-state index contributed by atoms with van der Waals surface area (Å²) < 4.78 is 0. The Morgan fingerprint density at radius 3 is 2.87 bits per heavy atom. The van der Waals surface area contributed by atoms with Crippen LogP contribution >= 0.6 is 0 Å². The monoisotopic (exact) mass is 203 g/mol. The van der Waals surface area contributed by atoms with E-state index in [1.165, 1.54) is 6.21 Å². The van der Waals surface area contributed by atoms with Gasteiger partial charge in [-0.1, -0.05) is 24.3 Å². The van der Waals surface area contributed by atoms with Gasteiger partial charge in [-0.25, -0.2) is 0 Å². The summed E-state index contributed by atoms with van der Waals surface area (Å²) in [7, 11) is 0. The molecule has 1 unspecified atom stereocenters. The van der Waals surface area contributed by atoms with Gasteiger partial charge in [-0.3, -0.25) is 9.79 Å². The van der Waals surface area contributed by atoms with Crippen molar-refractivity contribution in [2.75, 3.05) is 0 Å². The van der Waals surface area contributed by atoms with Gasteiger partial charge in [-0.15, -0.1) is 0 Å². The molecule has 1 aliphatic heterocycles. The maximum absolute atomic E-state index is 10.5. The highest BCUT2D eigenvalue weighted by molar-refractivity contribution is 5.97. The van der Waals surface area contributed by atoms with E-state index < -0.39 is 12.0 Å². The van der Waals surface area contributed by atoms with Crippen molar-refractivity contribution in [1.29, 1.82) is 0 Å². The molecule has 0 saturated carbocycles. The molecule has 0 radical (unpaired) electrons. The van der Waals surface area contributed by atoms with Gasteiger partial charge >= 0.3 is 0 Å². The first kappa shape index (κ1) is 9.61. The molecule has 1 atom stereocenters. The number of carbonyl (C=O) groups is 1. The van der Waals surface area contributed by atoms with E-state index in [-0.39, 0.29) is 5.57 Å².